The number of alkyl halides is 3. The second-order valence-corrected chi connectivity index (χ2v) is 8.68. The van der Waals surface area contributed by atoms with Crippen LogP contribution >= 0.6 is 15.9 Å². The number of fused-ring (bicyclic) bond motifs is 1. The van der Waals surface area contributed by atoms with Crippen molar-refractivity contribution in [2.24, 2.45) is 0 Å². The van der Waals surface area contributed by atoms with Gasteiger partial charge >= 0.3 is 6.18 Å². The Hall–Kier alpha value is -2.29. The van der Waals surface area contributed by atoms with E-state index in [1.54, 1.807) is 26.0 Å². The van der Waals surface area contributed by atoms with Crippen molar-refractivity contribution in [1.82, 2.24) is 9.47 Å². The van der Waals surface area contributed by atoms with Gasteiger partial charge in [-0.2, -0.15) is 13.2 Å². The number of carbonyl (C=O) groups is 1. The average molecular weight is 485 g/mol. The number of rotatable bonds is 4. The molecule has 9 heteroatoms. The summed E-state index contributed by atoms with van der Waals surface area (Å²) in [6.07, 6.45) is -2.93. The lowest BCUT2D eigenvalue weighted by Gasteiger charge is -2.39. The van der Waals surface area contributed by atoms with Gasteiger partial charge in [-0.25, -0.2) is 0 Å². The summed E-state index contributed by atoms with van der Waals surface area (Å²) in [5.74, 6) is -0.236. The molecule has 1 aromatic carbocycles. The van der Waals surface area contributed by atoms with Crippen LogP contribution < -0.4 is 10.3 Å². The molecule has 1 aliphatic carbocycles. The first-order chi connectivity index (χ1) is 14.1. The molecule has 0 spiro atoms. The smallest absolute Gasteiger partial charge is 0.416 e. The highest BCUT2D eigenvalue weighted by Crippen LogP contribution is 2.38. The molecule has 1 aromatic heterocycles. The maximum atomic E-state index is 13.5. The second-order valence-electron chi connectivity index (χ2n) is 7.83. The van der Waals surface area contributed by atoms with E-state index in [9.17, 15) is 22.8 Å². The van der Waals surface area contributed by atoms with Crippen molar-refractivity contribution in [1.29, 1.82) is 0 Å². The Kier molecular flexibility index (Phi) is 5.20. The molecule has 1 fully saturated rings. The van der Waals surface area contributed by atoms with E-state index < -0.39 is 23.7 Å². The minimum absolute atomic E-state index is 0.0515. The Labute approximate surface area is 179 Å². The Morgan fingerprint density at radius 2 is 1.87 bits per heavy atom. The monoisotopic (exact) mass is 484 g/mol. The molecule has 2 heterocycles. The fraction of sp³-hybridized carbons (Fsp3) is 0.429. The van der Waals surface area contributed by atoms with Crippen LogP contribution in [0.25, 0.3) is 0 Å². The third-order valence-electron chi connectivity index (χ3n) is 5.49. The van der Waals surface area contributed by atoms with Crippen LogP contribution in [-0.4, -0.2) is 27.5 Å². The molecule has 5 nitrogen and oxygen atoms in total. The Balaban J connectivity index is 1.73. The van der Waals surface area contributed by atoms with E-state index in [1.165, 1.54) is 15.5 Å². The lowest BCUT2D eigenvalue weighted by atomic mass is 9.99. The van der Waals surface area contributed by atoms with Crippen molar-refractivity contribution >= 4 is 21.8 Å². The van der Waals surface area contributed by atoms with E-state index >= 15 is 0 Å². The van der Waals surface area contributed by atoms with E-state index in [0.717, 1.165) is 25.0 Å². The quantitative estimate of drug-likeness (QED) is 0.627. The molecular formula is C21H20BrF3N2O3. The number of pyridine rings is 1. The number of ether oxygens (including phenoxy) is 1. The van der Waals surface area contributed by atoms with Gasteiger partial charge in [0.05, 0.1) is 22.2 Å². The summed E-state index contributed by atoms with van der Waals surface area (Å²) < 4.78 is 47.8. The fourth-order valence-electron chi connectivity index (χ4n) is 3.80. The van der Waals surface area contributed by atoms with Gasteiger partial charge in [0.2, 0.25) is 0 Å². The van der Waals surface area contributed by atoms with Crippen LogP contribution in [0.5, 0.6) is 5.75 Å². The first-order valence-electron chi connectivity index (χ1n) is 9.67. The highest BCUT2D eigenvalue weighted by atomic mass is 79.9. The maximum Gasteiger partial charge on any atom is 0.416 e. The third kappa shape index (κ3) is 3.87. The standard InChI is InChI=1S/C21H20BrF3N2O3/c1-11-10-26-18(6-5-17(22)19(26)28)20(29)27(11)12(2)13-7-14(21(23,24)25)9-16(8-13)30-15-3-4-15/h5-9,11-12,15H,3-4,10H2,1-2H3. The Bertz CT molecular complexity index is 1060. The van der Waals surface area contributed by atoms with Crippen molar-refractivity contribution in [2.75, 3.05) is 0 Å². The third-order valence-corrected chi connectivity index (χ3v) is 6.09. The largest absolute Gasteiger partial charge is 0.490 e. The predicted octanol–water partition coefficient (Wildman–Crippen LogP) is 4.78. The minimum atomic E-state index is -4.53. The SMILES string of the molecule is CC1Cn2c(ccc(Br)c2=O)C(=O)N1C(C)c1cc(OC2CC2)cc(C(F)(F)F)c1. The number of carbonyl (C=O) groups excluding carboxylic acids is 1. The average Bonchev–Trinajstić information content (AvgIpc) is 3.48. The molecular weight excluding hydrogens is 465 g/mol. The first kappa shape index (κ1) is 21.0. The summed E-state index contributed by atoms with van der Waals surface area (Å²) in [5, 5.41) is 0. The lowest BCUT2D eigenvalue weighted by molar-refractivity contribution is -0.137. The zero-order valence-corrected chi connectivity index (χ0v) is 18.0. The maximum absolute atomic E-state index is 13.5. The number of benzene rings is 1. The van der Waals surface area contributed by atoms with Gasteiger partial charge in [-0.15, -0.1) is 0 Å². The van der Waals surface area contributed by atoms with E-state index in [-0.39, 0.29) is 35.7 Å². The zero-order valence-electron chi connectivity index (χ0n) is 16.4. The van der Waals surface area contributed by atoms with Gasteiger partial charge in [-0.3, -0.25) is 9.59 Å². The van der Waals surface area contributed by atoms with Gasteiger partial charge in [-0.1, -0.05) is 0 Å². The molecule has 30 heavy (non-hydrogen) atoms. The van der Waals surface area contributed by atoms with Crippen molar-refractivity contribution in [3.05, 3.63) is 62.0 Å². The summed E-state index contributed by atoms with van der Waals surface area (Å²) in [4.78, 5) is 27.0. The van der Waals surface area contributed by atoms with Crippen molar-refractivity contribution in [3.63, 3.8) is 0 Å². The molecule has 4 rings (SSSR count). The molecule has 160 valence electrons. The molecule has 0 N–H and O–H groups in total. The number of halogens is 4. The highest BCUT2D eigenvalue weighted by Gasteiger charge is 2.37. The summed E-state index contributed by atoms with van der Waals surface area (Å²) >= 11 is 3.18. The normalized spacial score (nSPS) is 20.1. The minimum Gasteiger partial charge on any atom is -0.490 e. The molecule has 0 radical (unpaired) electrons. The van der Waals surface area contributed by atoms with Crippen molar-refractivity contribution < 1.29 is 22.7 Å². The van der Waals surface area contributed by atoms with E-state index in [1.807, 2.05) is 0 Å². The molecule has 0 bridgehead atoms. The van der Waals surface area contributed by atoms with Gasteiger partial charge in [0, 0.05) is 12.6 Å². The van der Waals surface area contributed by atoms with Gasteiger partial charge in [0.15, 0.2) is 0 Å². The predicted molar refractivity (Wildman–Crippen MR) is 108 cm³/mol. The number of hydrogen-bond donors (Lipinski definition) is 0. The van der Waals surface area contributed by atoms with Crippen LogP contribution in [0.3, 0.4) is 0 Å². The van der Waals surface area contributed by atoms with Crippen molar-refractivity contribution in [2.45, 2.75) is 57.6 Å². The summed E-state index contributed by atoms with van der Waals surface area (Å²) in [7, 11) is 0. The molecule has 2 aliphatic rings. The summed E-state index contributed by atoms with van der Waals surface area (Å²) in [6, 6.07) is 5.68. The molecule has 2 unspecified atom stereocenters. The zero-order chi connectivity index (χ0) is 21.8. The Morgan fingerprint density at radius 1 is 1.17 bits per heavy atom. The molecule has 2 atom stereocenters. The van der Waals surface area contributed by atoms with E-state index in [2.05, 4.69) is 15.9 Å². The topological polar surface area (TPSA) is 51.5 Å². The molecule has 1 saturated carbocycles. The van der Waals surface area contributed by atoms with Crippen LogP contribution in [0.4, 0.5) is 13.2 Å². The van der Waals surface area contributed by atoms with Crippen LogP contribution in [0.2, 0.25) is 0 Å². The van der Waals surface area contributed by atoms with E-state index in [0.29, 0.717) is 10.0 Å². The summed E-state index contributed by atoms with van der Waals surface area (Å²) in [5.41, 5.74) is -0.553. The molecule has 0 saturated heterocycles. The number of hydrogen-bond acceptors (Lipinski definition) is 3. The molecule has 2 aromatic rings. The highest BCUT2D eigenvalue weighted by molar-refractivity contribution is 9.10. The van der Waals surface area contributed by atoms with E-state index in [4.69, 9.17) is 4.74 Å². The molecule has 1 aliphatic heterocycles. The first-order valence-corrected chi connectivity index (χ1v) is 10.5. The lowest BCUT2D eigenvalue weighted by Crippen LogP contribution is -2.50. The van der Waals surface area contributed by atoms with Crippen molar-refractivity contribution in [3.8, 4) is 5.75 Å². The number of aromatic nitrogens is 1. The van der Waals surface area contributed by atoms with Crippen LogP contribution in [-0.2, 0) is 12.7 Å². The van der Waals surface area contributed by atoms with Crippen LogP contribution in [0.15, 0.2) is 39.6 Å². The van der Waals surface area contributed by atoms with Crippen LogP contribution in [0.1, 0.15) is 54.3 Å². The molecule has 1 amide bonds. The number of nitrogens with zero attached hydrogens (tertiary/aromatic N) is 2. The second kappa shape index (κ2) is 7.44. The van der Waals surface area contributed by atoms with Gasteiger partial charge in [0.25, 0.3) is 11.5 Å². The Morgan fingerprint density at radius 3 is 2.50 bits per heavy atom. The van der Waals surface area contributed by atoms with Crippen LogP contribution in [0, 0.1) is 0 Å². The summed E-state index contributed by atoms with van der Waals surface area (Å²) in [6.45, 7) is 3.73. The van der Waals surface area contributed by atoms with Gasteiger partial charge in [0.1, 0.15) is 11.4 Å². The van der Waals surface area contributed by atoms with Gasteiger partial charge in [-0.05, 0) is 78.5 Å². The van der Waals surface area contributed by atoms with Gasteiger partial charge < -0.3 is 14.2 Å². The fourth-order valence-corrected chi connectivity index (χ4v) is 4.14. The number of amides is 1.